The van der Waals surface area contributed by atoms with Crippen LogP contribution in [-0.2, 0) is 23.7 Å². The third-order valence-electron chi connectivity index (χ3n) is 3.85. The Morgan fingerprint density at radius 1 is 1.32 bits per heavy atom. The number of rotatable bonds is 8. The zero-order valence-electron chi connectivity index (χ0n) is 14.6. The van der Waals surface area contributed by atoms with E-state index in [1.807, 2.05) is 31.7 Å². The van der Waals surface area contributed by atoms with Crippen molar-refractivity contribution < 1.29 is 17.9 Å². The van der Waals surface area contributed by atoms with Crippen molar-refractivity contribution in [2.75, 3.05) is 5.75 Å². The van der Waals surface area contributed by atoms with E-state index in [-0.39, 0.29) is 17.2 Å². The van der Waals surface area contributed by atoms with E-state index in [1.165, 1.54) is 12.1 Å². The molecule has 1 N–H and O–H groups in total. The van der Waals surface area contributed by atoms with Gasteiger partial charge >= 0.3 is 0 Å². The number of carbonyl (C=O) groups excluding carboxylic acids is 1. The Labute approximate surface area is 148 Å². The van der Waals surface area contributed by atoms with E-state index < -0.39 is 15.9 Å². The molecule has 2 rings (SSSR count). The molecule has 0 fully saturated rings. The van der Waals surface area contributed by atoms with Crippen molar-refractivity contribution >= 4 is 15.9 Å². The van der Waals surface area contributed by atoms with Gasteiger partial charge in [-0.3, -0.25) is 4.79 Å². The van der Waals surface area contributed by atoms with E-state index in [2.05, 4.69) is 9.71 Å². The predicted octanol–water partition coefficient (Wildman–Crippen LogP) is 2.10. The molecular formula is C17H23N3O4S. The number of hydrogen-bond acceptors (Lipinski definition) is 5. The molecular weight excluding hydrogens is 342 g/mol. The van der Waals surface area contributed by atoms with Crippen molar-refractivity contribution in [3.63, 3.8) is 0 Å². The van der Waals surface area contributed by atoms with Crippen LogP contribution in [-0.4, -0.2) is 29.6 Å². The van der Waals surface area contributed by atoms with Crippen molar-refractivity contribution in [3.05, 3.63) is 48.0 Å². The van der Waals surface area contributed by atoms with Gasteiger partial charge in [0.15, 0.2) is 0 Å². The maximum absolute atomic E-state index is 12.1. The molecule has 1 amide bonds. The number of hydrogen-bond donors (Lipinski definition) is 1. The van der Waals surface area contributed by atoms with Gasteiger partial charge in [0.1, 0.15) is 18.2 Å². The Morgan fingerprint density at radius 2 is 2.00 bits per heavy atom. The Morgan fingerprint density at radius 3 is 2.56 bits per heavy atom. The van der Waals surface area contributed by atoms with E-state index in [1.54, 1.807) is 18.3 Å². The number of aryl methyl sites for hydroxylation is 1. The second-order valence-corrected chi connectivity index (χ2v) is 7.76. The minimum atomic E-state index is -3.64. The van der Waals surface area contributed by atoms with Crippen molar-refractivity contribution in [3.8, 4) is 5.75 Å². The lowest BCUT2D eigenvalue weighted by atomic mass is 10.2. The molecule has 136 valence electrons. The van der Waals surface area contributed by atoms with Gasteiger partial charge in [-0.05, 0) is 30.2 Å². The molecule has 0 saturated carbocycles. The van der Waals surface area contributed by atoms with Gasteiger partial charge in [0.25, 0.3) is 5.91 Å². The molecule has 1 heterocycles. The molecule has 1 aromatic carbocycles. The van der Waals surface area contributed by atoms with E-state index in [4.69, 9.17) is 4.74 Å². The monoisotopic (exact) mass is 365 g/mol. The summed E-state index contributed by atoms with van der Waals surface area (Å²) in [6, 6.07) is 6.31. The van der Waals surface area contributed by atoms with Gasteiger partial charge in [0.05, 0.1) is 5.75 Å². The van der Waals surface area contributed by atoms with Gasteiger partial charge in [-0.25, -0.2) is 18.1 Å². The summed E-state index contributed by atoms with van der Waals surface area (Å²) in [6.07, 6.45) is 4.25. The smallest absolute Gasteiger partial charge is 0.264 e. The molecule has 0 spiro atoms. The van der Waals surface area contributed by atoms with E-state index in [0.717, 1.165) is 12.2 Å². The highest BCUT2D eigenvalue weighted by Gasteiger charge is 2.18. The van der Waals surface area contributed by atoms with Crippen LogP contribution in [0.5, 0.6) is 5.75 Å². The summed E-state index contributed by atoms with van der Waals surface area (Å²) in [7, 11) is -1.76. The van der Waals surface area contributed by atoms with Crippen LogP contribution in [0.1, 0.15) is 36.5 Å². The molecule has 0 bridgehead atoms. The third kappa shape index (κ3) is 5.60. The number of carbonyl (C=O) groups is 1. The Hall–Kier alpha value is -2.35. The maximum atomic E-state index is 12.1. The third-order valence-corrected chi connectivity index (χ3v) is 5.36. The first kappa shape index (κ1) is 19.0. The van der Waals surface area contributed by atoms with Crippen LogP contribution >= 0.6 is 0 Å². The van der Waals surface area contributed by atoms with Crippen LogP contribution in [0.25, 0.3) is 0 Å². The second-order valence-electron chi connectivity index (χ2n) is 5.99. The van der Waals surface area contributed by atoms with Gasteiger partial charge in [-0.2, -0.15) is 0 Å². The SMILES string of the molecule is CC[C@H](C)CS(=O)(=O)NC(=O)c1ccc(OCc2nccn2C)cc1. The van der Waals surface area contributed by atoms with E-state index >= 15 is 0 Å². The number of benzene rings is 1. The van der Waals surface area contributed by atoms with Crippen molar-refractivity contribution in [1.82, 2.24) is 14.3 Å². The number of imidazole rings is 1. The van der Waals surface area contributed by atoms with Gasteiger partial charge in [0.2, 0.25) is 10.0 Å². The van der Waals surface area contributed by atoms with E-state index in [0.29, 0.717) is 12.4 Å². The highest BCUT2D eigenvalue weighted by molar-refractivity contribution is 7.90. The molecule has 8 heteroatoms. The van der Waals surface area contributed by atoms with E-state index in [9.17, 15) is 13.2 Å². The molecule has 25 heavy (non-hydrogen) atoms. The molecule has 1 atom stereocenters. The van der Waals surface area contributed by atoms with Crippen LogP contribution < -0.4 is 9.46 Å². The van der Waals surface area contributed by atoms with Crippen molar-refractivity contribution in [2.24, 2.45) is 13.0 Å². The first-order valence-electron chi connectivity index (χ1n) is 8.04. The molecule has 0 aliphatic carbocycles. The lowest BCUT2D eigenvalue weighted by Crippen LogP contribution is -2.34. The van der Waals surface area contributed by atoms with Crippen molar-refractivity contribution in [1.29, 1.82) is 0 Å². The van der Waals surface area contributed by atoms with Gasteiger partial charge in [-0.1, -0.05) is 20.3 Å². The quantitative estimate of drug-likeness (QED) is 0.774. The van der Waals surface area contributed by atoms with Crippen LogP contribution in [0.4, 0.5) is 0 Å². The summed E-state index contributed by atoms with van der Waals surface area (Å²) in [5, 5.41) is 0. The molecule has 2 aromatic rings. The molecule has 0 aliphatic heterocycles. The summed E-state index contributed by atoms with van der Waals surface area (Å²) in [4.78, 5) is 16.2. The number of nitrogens with one attached hydrogen (secondary N) is 1. The van der Waals surface area contributed by atoms with Gasteiger partial charge < -0.3 is 9.30 Å². The molecule has 0 aliphatic rings. The Bertz CT molecular complexity index is 813. The van der Waals surface area contributed by atoms with Crippen molar-refractivity contribution in [2.45, 2.75) is 26.9 Å². The fraction of sp³-hybridized carbons (Fsp3) is 0.412. The Balaban J connectivity index is 1.94. The fourth-order valence-electron chi connectivity index (χ4n) is 2.12. The van der Waals surface area contributed by atoms with Crippen LogP contribution in [0.2, 0.25) is 0 Å². The Kier molecular flexibility index (Phi) is 6.19. The summed E-state index contributed by atoms with van der Waals surface area (Å²) in [5.74, 6) is 0.631. The average molecular weight is 365 g/mol. The summed E-state index contributed by atoms with van der Waals surface area (Å²) in [6.45, 7) is 4.04. The van der Waals surface area contributed by atoms with Gasteiger partial charge in [-0.15, -0.1) is 0 Å². The summed E-state index contributed by atoms with van der Waals surface area (Å²) >= 11 is 0. The second kappa shape index (κ2) is 8.15. The summed E-state index contributed by atoms with van der Waals surface area (Å²) < 4.78 is 33.5. The molecule has 0 unspecified atom stereocenters. The number of nitrogens with zero attached hydrogens (tertiary/aromatic N) is 2. The maximum Gasteiger partial charge on any atom is 0.264 e. The standard InChI is InChI=1S/C17H23N3O4S/c1-4-13(2)12-25(22,23)19-17(21)14-5-7-15(8-6-14)24-11-16-18-9-10-20(16)3/h5-10,13H,4,11-12H2,1-3H3,(H,19,21)/t13-/m0/s1. The largest absolute Gasteiger partial charge is 0.486 e. The molecule has 0 radical (unpaired) electrons. The predicted molar refractivity (Wildman–Crippen MR) is 94.7 cm³/mol. The molecule has 7 nitrogen and oxygen atoms in total. The number of ether oxygens (including phenoxy) is 1. The zero-order valence-corrected chi connectivity index (χ0v) is 15.4. The van der Waals surface area contributed by atoms with Crippen LogP contribution in [0, 0.1) is 5.92 Å². The molecule has 0 saturated heterocycles. The number of sulfonamides is 1. The molecule has 1 aromatic heterocycles. The van der Waals surface area contributed by atoms with Crippen LogP contribution in [0.3, 0.4) is 0 Å². The number of aromatic nitrogens is 2. The topological polar surface area (TPSA) is 90.3 Å². The highest BCUT2D eigenvalue weighted by Crippen LogP contribution is 2.14. The normalized spacial score (nSPS) is 12.6. The van der Waals surface area contributed by atoms with Gasteiger partial charge in [0, 0.05) is 25.0 Å². The minimum absolute atomic E-state index is 0.00722. The zero-order chi connectivity index (χ0) is 18.4. The highest BCUT2D eigenvalue weighted by atomic mass is 32.2. The van der Waals surface area contributed by atoms with Crippen LogP contribution in [0.15, 0.2) is 36.7 Å². The summed E-state index contributed by atoms with van der Waals surface area (Å²) in [5.41, 5.74) is 0.261. The lowest BCUT2D eigenvalue weighted by Gasteiger charge is -2.11. The lowest BCUT2D eigenvalue weighted by molar-refractivity contribution is 0.0981. The minimum Gasteiger partial charge on any atom is -0.486 e. The first-order chi connectivity index (χ1) is 11.8. The first-order valence-corrected chi connectivity index (χ1v) is 9.70. The average Bonchev–Trinajstić information content (AvgIpc) is 2.97. The fourth-order valence-corrected chi connectivity index (χ4v) is 3.59. The number of amides is 1.